The number of carboxylic acids is 1. The molecule has 1 aliphatic heterocycles. The van der Waals surface area contributed by atoms with Gasteiger partial charge in [0, 0.05) is 19.0 Å². The van der Waals surface area contributed by atoms with Gasteiger partial charge in [0.1, 0.15) is 11.4 Å². The lowest BCUT2D eigenvalue weighted by atomic mass is 9.88. The van der Waals surface area contributed by atoms with Gasteiger partial charge in [0.2, 0.25) is 0 Å². The van der Waals surface area contributed by atoms with Crippen LogP contribution in [0.5, 0.6) is 5.75 Å². The molecule has 1 aliphatic rings. The molecule has 0 aliphatic carbocycles. The molecule has 1 aromatic carbocycles. The maximum atomic E-state index is 12.4. The second-order valence-electron chi connectivity index (χ2n) is 7.41. The predicted octanol–water partition coefficient (Wildman–Crippen LogP) is 3.44. The number of piperidine rings is 1. The zero-order valence-electron chi connectivity index (χ0n) is 15.4. The van der Waals surface area contributed by atoms with Crippen molar-refractivity contribution >= 4 is 12.1 Å². The van der Waals surface area contributed by atoms with E-state index in [2.05, 4.69) is 0 Å². The second kappa shape index (κ2) is 7.76. The molecular formula is C19H27NO5. The lowest BCUT2D eigenvalue weighted by Gasteiger charge is -2.34. The molecule has 1 unspecified atom stereocenters. The summed E-state index contributed by atoms with van der Waals surface area (Å²) >= 11 is 0. The summed E-state index contributed by atoms with van der Waals surface area (Å²) in [6.07, 6.45) is 1.46. The molecular weight excluding hydrogens is 322 g/mol. The number of rotatable bonds is 4. The molecule has 0 bridgehead atoms. The van der Waals surface area contributed by atoms with Crippen LogP contribution in [0.2, 0.25) is 0 Å². The Morgan fingerprint density at radius 1 is 1.32 bits per heavy atom. The van der Waals surface area contributed by atoms with Crippen LogP contribution in [0, 0.1) is 0 Å². The molecule has 1 heterocycles. The zero-order chi connectivity index (χ0) is 18.6. The van der Waals surface area contributed by atoms with Crippen LogP contribution in [-0.2, 0) is 16.0 Å². The third kappa shape index (κ3) is 5.37. The summed E-state index contributed by atoms with van der Waals surface area (Å²) in [6, 6.07) is 5.46. The van der Waals surface area contributed by atoms with Crippen LogP contribution < -0.4 is 4.74 Å². The summed E-state index contributed by atoms with van der Waals surface area (Å²) < 4.78 is 10.9. The number of aliphatic carboxylic acids is 1. The lowest BCUT2D eigenvalue weighted by Crippen LogP contribution is -2.42. The molecule has 1 saturated heterocycles. The van der Waals surface area contributed by atoms with E-state index in [1.54, 1.807) is 24.1 Å². The third-order valence-electron chi connectivity index (χ3n) is 4.16. The molecule has 1 N–H and O–H groups in total. The Labute approximate surface area is 148 Å². The zero-order valence-corrected chi connectivity index (χ0v) is 15.4. The Bertz CT molecular complexity index is 635. The van der Waals surface area contributed by atoms with Gasteiger partial charge in [0.25, 0.3) is 0 Å². The van der Waals surface area contributed by atoms with E-state index in [-0.39, 0.29) is 18.4 Å². The Kier molecular flexibility index (Phi) is 5.93. The summed E-state index contributed by atoms with van der Waals surface area (Å²) in [5.41, 5.74) is 1.16. The smallest absolute Gasteiger partial charge is 0.410 e. The number of ether oxygens (including phenoxy) is 2. The lowest BCUT2D eigenvalue weighted by molar-refractivity contribution is -0.136. The molecule has 1 aromatic rings. The number of methoxy groups -OCH3 is 1. The summed E-state index contributed by atoms with van der Waals surface area (Å²) in [7, 11) is 1.60. The Hall–Kier alpha value is -2.24. The molecule has 1 amide bonds. The molecule has 1 atom stereocenters. The number of likely N-dealkylation sites (tertiary alicyclic amines) is 1. The van der Waals surface area contributed by atoms with Gasteiger partial charge in [-0.2, -0.15) is 0 Å². The Balaban J connectivity index is 2.19. The van der Waals surface area contributed by atoms with Crippen LogP contribution in [0.1, 0.15) is 50.7 Å². The minimum Gasteiger partial charge on any atom is -0.496 e. The quantitative estimate of drug-likeness (QED) is 0.901. The van der Waals surface area contributed by atoms with Crippen molar-refractivity contribution < 1.29 is 24.2 Å². The van der Waals surface area contributed by atoms with E-state index in [0.717, 1.165) is 29.7 Å². The number of hydrogen-bond acceptors (Lipinski definition) is 4. The molecule has 2 rings (SSSR count). The van der Waals surface area contributed by atoms with Gasteiger partial charge >= 0.3 is 12.1 Å². The van der Waals surface area contributed by atoms with Crippen LogP contribution >= 0.6 is 0 Å². The van der Waals surface area contributed by atoms with E-state index in [1.165, 1.54) is 0 Å². The molecule has 6 nitrogen and oxygen atoms in total. The van der Waals surface area contributed by atoms with E-state index >= 15 is 0 Å². The highest BCUT2D eigenvalue weighted by Gasteiger charge is 2.29. The fourth-order valence-electron chi connectivity index (χ4n) is 3.11. The van der Waals surface area contributed by atoms with Crippen molar-refractivity contribution in [2.45, 2.75) is 51.6 Å². The number of carbonyl (C=O) groups is 2. The van der Waals surface area contributed by atoms with Gasteiger partial charge in [0.15, 0.2) is 0 Å². The summed E-state index contributed by atoms with van der Waals surface area (Å²) in [5.74, 6) is -0.0368. The van der Waals surface area contributed by atoms with Gasteiger partial charge in [-0.05, 0) is 50.8 Å². The highest BCUT2D eigenvalue weighted by Crippen LogP contribution is 2.34. The highest BCUT2D eigenvalue weighted by atomic mass is 16.6. The molecule has 6 heteroatoms. The fraction of sp³-hybridized carbons (Fsp3) is 0.579. The number of nitrogens with zero attached hydrogens (tertiary/aromatic N) is 1. The van der Waals surface area contributed by atoms with Gasteiger partial charge in [0.05, 0.1) is 13.5 Å². The van der Waals surface area contributed by atoms with Crippen LogP contribution in [0.4, 0.5) is 4.79 Å². The van der Waals surface area contributed by atoms with Gasteiger partial charge in [-0.25, -0.2) is 4.79 Å². The summed E-state index contributed by atoms with van der Waals surface area (Å²) in [6.45, 7) is 6.77. The normalized spacial score (nSPS) is 17.9. The molecule has 0 radical (unpaired) electrons. The average molecular weight is 349 g/mol. The van der Waals surface area contributed by atoms with Crippen molar-refractivity contribution in [3.05, 3.63) is 29.3 Å². The van der Waals surface area contributed by atoms with Gasteiger partial charge in [-0.15, -0.1) is 0 Å². The number of hydrogen-bond donors (Lipinski definition) is 1. The first-order chi connectivity index (χ1) is 11.7. The number of benzene rings is 1. The first-order valence-electron chi connectivity index (χ1n) is 8.56. The summed E-state index contributed by atoms with van der Waals surface area (Å²) in [4.78, 5) is 25.1. The van der Waals surface area contributed by atoms with Crippen molar-refractivity contribution in [2.24, 2.45) is 0 Å². The van der Waals surface area contributed by atoms with E-state index in [1.807, 2.05) is 26.8 Å². The maximum absolute atomic E-state index is 12.4. The number of carboxylic acid groups (broad SMARTS) is 1. The van der Waals surface area contributed by atoms with Crippen molar-refractivity contribution in [1.29, 1.82) is 0 Å². The maximum Gasteiger partial charge on any atom is 0.410 e. The van der Waals surface area contributed by atoms with Crippen molar-refractivity contribution in [3.63, 3.8) is 0 Å². The molecule has 0 aromatic heterocycles. The summed E-state index contributed by atoms with van der Waals surface area (Å²) in [5, 5.41) is 9.02. The minimum atomic E-state index is -0.866. The predicted molar refractivity (Wildman–Crippen MR) is 94.1 cm³/mol. The molecule has 1 fully saturated rings. The molecule has 138 valence electrons. The standard InChI is InChI=1S/C19H27NO5/c1-19(2,3)25-18(23)20-9-5-6-14(12-20)15-10-13(11-17(21)22)7-8-16(15)24-4/h7-8,10,14H,5-6,9,11-12H2,1-4H3,(H,21,22). The SMILES string of the molecule is COc1ccc(CC(=O)O)cc1C1CCCN(C(=O)OC(C)(C)C)C1. The van der Waals surface area contributed by atoms with Crippen molar-refractivity contribution in [3.8, 4) is 5.75 Å². The second-order valence-corrected chi connectivity index (χ2v) is 7.41. The Morgan fingerprint density at radius 3 is 2.64 bits per heavy atom. The van der Waals surface area contributed by atoms with E-state index in [0.29, 0.717) is 13.1 Å². The van der Waals surface area contributed by atoms with Crippen LogP contribution in [0.25, 0.3) is 0 Å². The van der Waals surface area contributed by atoms with Gasteiger partial charge in [-0.3, -0.25) is 4.79 Å². The first kappa shape index (κ1) is 19.1. The van der Waals surface area contributed by atoms with E-state index in [4.69, 9.17) is 14.6 Å². The fourth-order valence-corrected chi connectivity index (χ4v) is 3.11. The van der Waals surface area contributed by atoms with Crippen LogP contribution in [0.15, 0.2) is 18.2 Å². The van der Waals surface area contributed by atoms with Crippen molar-refractivity contribution in [2.75, 3.05) is 20.2 Å². The van der Waals surface area contributed by atoms with Crippen LogP contribution in [-0.4, -0.2) is 47.9 Å². The third-order valence-corrected chi connectivity index (χ3v) is 4.16. The van der Waals surface area contributed by atoms with E-state index < -0.39 is 11.6 Å². The Morgan fingerprint density at radius 2 is 2.04 bits per heavy atom. The first-order valence-corrected chi connectivity index (χ1v) is 8.56. The average Bonchev–Trinajstić information content (AvgIpc) is 2.53. The highest BCUT2D eigenvalue weighted by molar-refractivity contribution is 5.70. The van der Waals surface area contributed by atoms with E-state index in [9.17, 15) is 9.59 Å². The molecule has 0 saturated carbocycles. The van der Waals surface area contributed by atoms with Crippen LogP contribution in [0.3, 0.4) is 0 Å². The van der Waals surface area contributed by atoms with Gasteiger partial charge < -0.3 is 19.5 Å². The van der Waals surface area contributed by atoms with Gasteiger partial charge in [-0.1, -0.05) is 12.1 Å². The minimum absolute atomic E-state index is 0.0283. The molecule has 0 spiro atoms. The molecule has 25 heavy (non-hydrogen) atoms. The monoisotopic (exact) mass is 349 g/mol. The topological polar surface area (TPSA) is 76.1 Å². The van der Waals surface area contributed by atoms with Crippen molar-refractivity contribution in [1.82, 2.24) is 4.90 Å². The number of amides is 1. The largest absolute Gasteiger partial charge is 0.496 e. The number of carbonyl (C=O) groups excluding carboxylic acids is 1.